The predicted octanol–water partition coefficient (Wildman–Crippen LogP) is 3.88. The zero-order valence-electron chi connectivity index (χ0n) is 16.0. The van der Waals surface area contributed by atoms with Gasteiger partial charge in [-0.2, -0.15) is 0 Å². The first-order chi connectivity index (χ1) is 11.6. The molecule has 6 heteroatoms. The van der Waals surface area contributed by atoms with Crippen LogP contribution in [0, 0.1) is 5.92 Å². The second-order valence-electron chi connectivity index (χ2n) is 7.16. The zero-order chi connectivity index (χ0) is 19.0. The first-order valence-electron chi connectivity index (χ1n) is 8.61. The van der Waals surface area contributed by atoms with E-state index in [0.717, 1.165) is 5.56 Å². The van der Waals surface area contributed by atoms with Gasteiger partial charge in [-0.05, 0) is 51.3 Å². The van der Waals surface area contributed by atoms with E-state index in [9.17, 15) is 9.59 Å². The molecule has 0 bridgehead atoms. The number of amides is 1. The third kappa shape index (κ3) is 8.03. The molecule has 1 rings (SSSR count). The van der Waals surface area contributed by atoms with Crippen molar-refractivity contribution in [3.8, 4) is 0 Å². The van der Waals surface area contributed by atoms with E-state index >= 15 is 0 Å². The van der Waals surface area contributed by atoms with Crippen LogP contribution in [0.1, 0.15) is 53.1 Å². The summed E-state index contributed by atoms with van der Waals surface area (Å²) in [6.07, 6.45) is -0.485. The molecule has 1 amide bonds. The van der Waals surface area contributed by atoms with E-state index in [0.29, 0.717) is 18.2 Å². The van der Waals surface area contributed by atoms with Gasteiger partial charge in [-0.1, -0.05) is 26.0 Å². The molecular weight excluding hydrogens is 320 g/mol. The molecule has 2 N–H and O–H groups in total. The van der Waals surface area contributed by atoms with Crippen molar-refractivity contribution < 1.29 is 19.1 Å². The van der Waals surface area contributed by atoms with Gasteiger partial charge in [-0.15, -0.1) is 0 Å². The summed E-state index contributed by atoms with van der Waals surface area (Å²) in [7, 11) is 0. The molecule has 1 unspecified atom stereocenters. The van der Waals surface area contributed by atoms with Gasteiger partial charge in [0.05, 0.1) is 13.2 Å². The Labute approximate surface area is 150 Å². The molecule has 0 heterocycles. The van der Waals surface area contributed by atoms with Crippen LogP contribution in [0.15, 0.2) is 24.3 Å². The van der Waals surface area contributed by atoms with Crippen molar-refractivity contribution in [1.29, 1.82) is 0 Å². The fourth-order valence-corrected chi connectivity index (χ4v) is 2.34. The number of rotatable bonds is 7. The average molecular weight is 350 g/mol. The van der Waals surface area contributed by atoms with Gasteiger partial charge in [0.1, 0.15) is 5.60 Å². The molecule has 0 saturated carbocycles. The van der Waals surface area contributed by atoms with E-state index in [-0.39, 0.29) is 18.6 Å². The zero-order valence-corrected chi connectivity index (χ0v) is 16.0. The van der Waals surface area contributed by atoms with Crippen molar-refractivity contribution in [3.63, 3.8) is 0 Å². The molecule has 0 aromatic heterocycles. The highest BCUT2D eigenvalue weighted by molar-refractivity contribution is 5.84. The fraction of sp³-hybridized carbons (Fsp3) is 0.579. The molecule has 25 heavy (non-hydrogen) atoms. The number of nitrogens with one attached hydrogen (secondary N) is 2. The Kier molecular flexibility index (Phi) is 7.90. The Morgan fingerprint density at radius 3 is 2.20 bits per heavy atom. The number of carbonyl (C=O) groups is 2. The highest BCUT2D eigenvalue weighted by Gasteiger charge is 2.18. The monoisotopic (exact) mass is 350 g/mol. The molecule has 0 fully saturated rings. The Hall–Kier alpha value is -2.08. The van der Waals surface area contributed by atoms with E-state index in [4.69, 9.17) is 9.47 Å². The number of ether oxygens (including phenoxy) is 2. The molecule has 1 aromatic carbocycles. The lowest BCUT2D eigenvalue weighted by atomic mass is 9.96. The minimum absolute atomic E-state index is 0.0139. The van der Waals surface area contributed by atoms with Crippen LogP contribution in [-0.4, -0.2) is 30.8 Å². The van der Waals surface area contributed by atoms with Gasteiger partial charge in [0.2, 0.25) is 0 Å². The maximum atomic E-state index is 11.8. The third-order valence-corrected chi connectivity index (χ3v) is 3.35. The maximum absolute atomic E-state index is 11.8. The van der Waals surface area contributed by atoms with Gasteiger partial charge in [0.25, 0.3) is 0 Å². The first-order valence-corrected chi connectivity index (χ1v) is 8.61. The van der Waals surface area contributed by atoms with Crippen LogP contribution in [0.25, 0.3) is 0 Å². The Morgan fingerprint density at radius 2 is 1.72 bits per heavy atom. The molecule has 0 aliphatic rings. The number of anilines is 1. The molecule has 0 radical (unpaired) electrons. The quantitative estimate of drug-likeness (QED) is 0.730. The second kappa shape index (κ2) is 9.42. The number of hydrogen-bond acceptors (Lipinski definition) is 5. The largest absolute Gasteiger partial charge is 0.465 e. The SMILES string of the molecule is CCOC(=O)CNC(c1ccc(NC(=O)OC(C)(C)C)cc1)C(C)C. The van der Waals surface area contributed by atoms with Gasteiger partial charge < -0.3 is 9.47 Å². The Balaban J connectivity index is 2.70. The Morgan fingerprint density at radius 1 is 1.12 bits per heavy atom. The summed E-state index contributed by atoms with van der Waals surface area (Å²) in [6.45, 7) is 11.9. The van der Waals surface area contributed by atoms with E-state index in [1.54, 1.807) is 6.92 Å². The molecule has 0 saturated heterocycles. The molecule has 6 nitrogen and oxygen atoms in total. The van der Waals surface area contributed by atoms with Crippen LogP contribution in [0.2, 0.25) is 0 Å². The van der Waals surface area contributed by atoms with Gasteiger partial charge in [0.15, 0.2) is 0 Å². The number of carbonyl (C=O) groups excluding carboxylic acids is 2. The van der Waals surface area contributed by atoms with E-state index in [1.165, 1.54) is 0 Å². The van der Waals surface area contributed by atoms with Gasteiger partial charge in [0, 0.05) is 11.7 Å². The molecule has 0 aliphatic carbocycles. The average Bonchev–Trinajstić information content (AvgIpc) is 2.47. The molecular formula is C19H30N2O4. The lowest BCUT2D eigenvalue weighted by Crippen LogP contribution is -2.31. The molecule has 1 aromatic rings. The summed E-state index contributed by atoms with van der Waals surface area (Å²) in [5.41, 5.74) is 1.16. The van der Waals surface area contributed by atoms with Gasteiger partial charge in [-0.3, -0.25) is 15.4 Å². The number of esters is 1. The van der Waals surface area contributed by atoms with Gasteiger partial charge >= 0.3 is 12.1 Å². The Bertz CT molecular complexity index is 562. The predicted molar refractivity (Wildman–Crippen MR) is 98.5 cm³/mol. The van der Waals surface area contributed by atoms with E-state index in [2.05, 4.69) is 24.5 Å². The highest BCUT2D eigenvalue weighted by atomic mass is 16.6. The number of benzene rings is 1. The summed E-state index contributed by atoms with van der Waals surface area (Å²) in [4.78, 5) is 23.3. The van der Waals surface area contributed by atoms with Crippen molar-refractivity contribution in [2.75, 3.05) is 18.5 Å². The van der Waals surface area contributed by atoms with Crippen molar-refractivity contribution in [2.45, 2.75) is 53.2 Å². The topological polar surface area (TPSA) is 76.7 Å². The maximum Gasteiger partial charge on any atom is 0.412 e. The van der Waals surface area contributed by atoms with Crippen LogP contribution in [-0.2, 0) is 14.3 Å². The molecule has 0 spiro atoms. The number of hydrogen-bond donors (Lipinski definition) is 2. The highest BCUT2D eigenvalue weighted by Crippen LogP contribution is 2.23. The van der Waals surface area contributed by atoms with Crippen molar-refractivity contribution in [2.24, 2.45) is 5.92 Å². The summed E-state index contributed by atoms with van der Waals surface area (Å²) >= 11 is 0. The van der Waals surface area contributed by atoms with E-state index in [1.807, 2.05) is 45.0 Å². The van der Waals surface area contributed by atoms with Crippen molar-refractivity contribution in [1.82, 2.24) is 5.32 Å². The minimum Gasteiger partial charge on any atom is -0.465 e. The van der Waals surface area contributed by atoms with Gasteiger partial charge in [-0.25, -0.2) is 4.79 Å². The molecule has 0 aliphatic heterocycles. The fourth-order valence-electron chi connectivity index (χ4n) is 2.34. The third-order valence-electron chi connectivity index (χ3n) is 3.35. The second-order valence-corrected chi connectivity index (χ2v) is 7.16. The van der Waals surface area contributed by atoms with Crippen LogP contribution in [0.3, 0.4) is 0 Å². The van der Waals surface area contributed by atoms with Crippen LogP contribution in [0.4, 0.5) is 10.5 Å². The van der Waals surface area contributed by atoms with Crippen molar-refractivity contribution >= 4 is 17.7 Å². The molecule has 140 valence electrons. The summed E-state index contributed by atoms with van der Waals surface area (Å²) in [6, 6.07) is 7.51. The summed E-state index contributed by atoms with van der Waals surface area (Å²) in [5.74, 6) is 0.0236. The summed E-state index contributed by atoms with van der Waals surface area (Å²) in [5, 5.41) is 5.93. The van der Waals surface area contributed by atoms with Crippen LogP contribution >= 0.6 is 0 Å². The van der Waals surface area contributed by atoms with E-state index < -0.39 is 11.7 Å². The standard InChI is InChI=1S/C19H30N2O4/c1-7-24-16(22)12-20-17(13(2)3)14-8-10-15(11-9-14)21-18(23)25-19(4,5)6/h8-11,13,17,20H,7,12H2,1-6H3,(H,21,23). The normalized spacial score (nSPS) is 12.6. The van der Waals surface area contributed by atoms with Crippen molar-refractivity contribution in [3.05, 3.63) is 29.8 Å². The lowest BCUT2D eigenvalue weighted by molar-refractivity contribution is -0.142. The van der Waals surface area contributed by atoms with Crippen LogP contribution in [0.5, 0.6) is 0 Å². The summed E-state index contributed by atoms with van der Waals surface area (Å²) < 4.78 is 10.2. The smallest absolute Gasteiger partial charge is 0.412 e. The minimum atomic E-state index is -0.538. The van der Waals surface area contributed by atoms with Crippen LogP contribution < -0.4 is 10.6 Å². The first kappa shape index (κ1) is 21.0. The molecule has 1 atom stereocenters. The lowest BCUT2D eigenvalue weighted by Gasteiger charge is -2.23.